The van der Waals surface area contributed by atoms with Gasteiger partial charge in [0, 0.05) is 10.6 Å². The van der Waals surface area contributed by atoms with Crippen molar-refractivity contribution in [2.45, 2.75) is 17.0 Å². The van der Waals surface area contributed by atoms with Crippen LogP contribution in [0.5, 0.6) is 0 Å². The van der Waals surface area contributed by atoms with Crippen LogP contribution in [0.4, 0.5) is 0 Å². The molecule has 0 amide bonds. The maximum Gasteiger partial charge on any atom is 0.264 e. The minimum absolute atomic E-state index is 0.0195. The number of aliphatic imine (C=N–C) groups is 1. The highest BCUT2D eigenvalue weighted by molar-refractivity contribution is 7.90. The molecule has 1 aromatic heterocycles. The van der Waals surface area contributed by atoms with Crippen molar-refractivity contribution in [3.63, 3.8) is 0 Å². The summed E-state index contributed by atoms with van der Waals surface area (Å²) < 4.78 is 29.0. The number of tetrazole rings is 1. The highest BCUT2D eigenvalue weighted by Crippen LogP contribution is 2.33. The molecule has 0 saturated carbocycles. The molecular formula is C24H21ClN8O3S. The fraction of sp³-hybridized carbons (Fsp3) is 0.125. The monoisotopic (exact) mass is 536 g/mol. The van der Waals surface area contributed by atoms with E-state index in [9.17, 15) is 13.5 Å². The number of β-amino-alcohol motifs (C(OH)–C–C–N with tert-alkyl or cyclic N) is 1. The number of hydrogen-bond acceptors (Lipinski definition) is 8. The van der Waals surface area contributed by atoms with Gasteiger partial charge in [0.05, 0.1) is 11.4 Å². The molecule has 0 saturated heterocycles. The lowest BCUT2D eigenvalue weighted by molar-refractivity contribution is 0.103. The van der Waals surface area contributed by atoms with Crippen LogP contribution in [0.3, 0.4) is 0 Å². The number of hydrogen-bond donors (Lipinski definition) is 3. The average molecular weight is 537 g/mol. The summed E-state index contributed by atoms with van der Waals surface area (Å²) in [6, 6.07) is 23.9. The number of H-pyrrole nitrogens is 1. The van der Waals surface area contributed by atoms with E-state index >= 15 is 0 Å². The highest BCUT2D eigenvalue weighted by Gasteiger charge is 2.45. The summed E-state index contributed by atoms with van der Waals surface area (Å²) in [5.74, 6) is 0.119. The molecule has 0 fully saturated rings. The molecule has 37 heavy (non-hydrogen) atoms. The number of aliphatic hydroxyl groups is 1. The molecule has 0 radical (unpaired) electrons. The van der Waals surface area contributed by atoms with E-state index < -0.39 is 15.6 Å². The van der Waals surface area contributed by atoms with E-state index in [1.54, 1.807) is 12.1 Å². The molecule has 0 spiro atoms. The third-order valence-corrected chi connectivity index (χ3v) is 7.24. The zero-order valence-electron chi connectivity index (χ0n) is 19.2. The van der Waals surface area contributed by atoms with Gasteiger partial charge >= 0.3 is 0 Å². The molecule has 5 rings (SSSR count). The number of nitrogens with zero attached hydrogens (tertiary/aromatic N) is 6. The summed E-state index contributed by atoms with van der Waals surface area (Å²) in [5, 5.41) is 31.9. The van der Waals surface area contributed by atoms with Crippen LogP contribution in [0.1, 0.15) is 17.0 Å². The van der Waals surface area contributed by atoms with Crippen LogP contribution in [-0.2, 0) is 22.2 Å². The standard InChI is InChI=1S/C24H21ClN8O3S/c25-19-11-13-20(14-12-19)37(35,36)30-23(26-15-21-27-31-32-28-21)33-16-24(34,18-9-5-2-6-10-18)22(29-33)17-7-3-1-4-8-17/h1-14,34H,15-16H2,(H,26,30)(H,27,28,31,32). The highest BCUT2D eigenvalue weighted by atomic mass is 35.5. The van der Waals surface area contributed by atoms with Crippen molar-refractivity contribution in [1.82, 2.24) is 30.4 Å². The Balaban J connectivity index is 1.57. The van der Waals surface area contributed by atoms with Gasteiger partial charge in [0.15, 0.2) is 11.4 Å². The Morgan fingerprint density at radius 3 is 2.38 bits per heavy atom. The van der Waals surface area contributed by atoms with Crippen LogP contribution < -0.4 is 4.72 Å². The molecule has 188 valence electrons. The molecule has 11 nitrogen and oxygen atoms in total. The summed E-state index contributed by atoms with van der Waals surface area (Å²) in [5.41, 5.74) is 0.0613. The first-order valence-corrected chi connectivity index (χ1v) is 13.0. The van der Waals surface area contributed by atoms with Gasteiger partial charge in [0.2, 0.25) is 5.96 Å². The number of aromatic nitrogens is 4. The molecule has 13 heteroatoms. The molecule has 3 aromatic carbocycles. The quantitative estimate of drug-likeness (QED) is 0.253. The summed E-state index contributed by atoms with van der Waals surface area (Å²) >= 11 is 5.93. The number of sulfonamides is 1. The molecule has 1 aliphatic heterocycles. The van der Waals surface area contributed by atoms with Crippen molar-refractivity contribution in [3.05, 3.63) is 107 Å². The van der Waals surface area contributed by atoms with E-state index in [0.29, 0.717) is 21.9 Å². The topological polar surface area (TPSA) is 149 Å². The second-order valence-electron chi connectivity index (χ2n) is 8.13. The molecular weight excluding hydrogens is 516 g/mol. The number of benzene rings is 3. The van der Waals surface area contributed by atoms with E-state index in [-0.39, 0.29) is 29.8 Å². The number of guanidine groups is 1. The Bertz CT molecular complexity index is 1530. The predicted molar refractivity (Wildman–Crippen MR) is 137 cm³/mol. The first-order chi connectivity index (χ1) is 17.8. The van der Waals surface area contributed by atoms with Gasteiger partial charge in [-0.25, -0.2) is 23.1 Å². The number of aromatic amines is 1. The Kier molecular flexibility index (Phi) is 6.70. The van der Waals surface area contributed by atoms with Crippen molar-refractivity contribution < 1.29 is 13.5 Å². The molecule has 0 aliphatic carbocycles. The third-order valence-electron chi connectivity index (χ3n) is 5.64. The smallest absolute Gasteiger partial charge is 0.264 e. The van der Waals surface area contributed by atoms with Gasteiger partial charge in [0.25, 0.3) is 10.0 Å². The Labute approximate surface area is 217 Å². The van der Waals surface area contributed by atoms with Crippen molar-refractivity contribution in [3.8, 4) is 0 Å². The number of rotatable bonds is 6. The van der Waals surface area contributed by atoms with Gasteiger partial charge in [-0.3, -0.25) is 0 Å². The van der Waals surface area contributed by atoms with E-state index in [0.717, 1.165) is 0 Å². The van der Waals surface area contributed by atoms with Gasteiger partial charge in [0.1, 0.15) is 12.3 Å². The second-order valence-corrected chi connectivity index (χ2v) is 10.2. The van der Waals surface area contributed by atoms with Gasteiger partial charge < -0.3 is 5.11 Å². The molecule has 1 unspecified atom stereocenters. The minimum atomic E-state index is -4.08. The molecule has 3 N–H and O–H groups in total. The third kappa shape index (κ3) is 5.21. The second kappa shape index (κ2) is 10.1. The number of nitrogens with one attached hydrogen (secondary N) is 2. The molecule has 4 aromatic rings. The normalized spacial score (nSPS) is 18.1. The van der Waals surface area contributed by atoms with Crippen LogP contribution in [0.15, 0.2) is 99.9 Å². The van der Waals surface area contributed by atoms with Crippen molar-refractivity contribution in [1.29, 1.82) is 0 Å². The number of halogens is 1. The lowest BCUT2D eigenvalue weighted by Crippen LogP contribution is -2.45. The average Bonchev–Trinajstić information content (AvgIpc) is 3.56. The zero-order chi connectivity index (χ0) is 25.9. The number of hydrazone groups is 1. The van der Waals surface area contributed by atoms with Gasteiger partial charge in [-0.2, -0.15) is 10.3 Å². The van der Waals surface area contributed by atoms with Crippen LogP contribution in [0.2, 0.25) is 5.02 Å². The van der Waals surface area contributed by atoms with Crippen molar-refractivity contribution >= 4 is 33.3 Å². The molecule has 2 heterocycles. The first kappa shape index (κ1) is 24.6. The fourth-order valence-electron chi connectivity index (χ4n) is 3.84. The Morgan fingerprint density at radius 1 is 1.05 bits per heavy atom. The van der Waals surface area contributed by atoms with Gasteiger partial charge in [-0.1, -0.05) is 77.5 Å². The van der Waals surface area contributed by atoms with Gasteiger partial charge in [-0.15, -0.1) is 10.2 Å². The summed E-state index contributed by atoms with van der Waals surface area (Å²) in [6.07, 6.45) is 0. The first-order valence-electron chi connectivity index (χ1n) is 11.1. The Hall–Kier alpha value is -4.13. The zero-order valence-corrected chi connectivity index (χ0v) is 20.8. The van der Waals surface area contributed by atoms with E-state index in [2.05, 4.69) is 35.4 Å². The van der Waals surface area contributed by atoms with Crippen LogP contribution in [0, 0.1) is 0 Å². The van der Waals surface area contributed by atoms with Crippen LogP contribution in [-0.4, -0.2) is 57.4 Å². The predicted octanol–water partition coefficient (Wildman–Crippen LogP) is 2.30. The summed E-state index contributed by atoms with van der Waals surface area (Å²) in [6.45, 7) is -0.194. The molecule has 0 bridgehead atoms. The van der Waals surface area contributed by atoms with Gasteiger partial charge in [-0.05, 0) is 29.8 Å². The van der Waals surface area contributed by atoms with E-state index in [1.165, 1.54) is 29.3 Å². The molecule has 1 atom stereocenters. The minimum Gasteiger partial charge on any atom is -0.377 e. The van der Waals surface area contributed by atoms with Crippen LogP contribution in [0.25, 0.3) is 0 Å². The van der Waals surface area contributed by atoms with Crippen LogP contribution >= 0.6 is 11.6 Å². The summed E-state index contributed by atoms with van der Waals surface area (Å²) in [7, 11) is -4.08. The SMILES string of the molecule is O=S(=O)(NC(=NCc1nn[nH]n1)N1CC(O)(c2ccccc2)C(c2ccccc2)=N1)c1ccc(Cl)cc1. The largest absolute Gasteiger partial charge is 0.377 e. The van der Waals surface area contributed by atoms with Crippen molar-refractivity contribution in [2.75, 3.05) is 6.54 Å². The van der Waals surface area contributed by atoms with Crippen molar-refractivity contribution in [2.24, 2.45) is 10.1 Å². The van der Waals surface area contributed by atoms with E-state index in [1.807, 2.05) is 48.5 Å². The fourth-order valence-corrected chi connectivity index (χ4v) is 4.99. The molecule has 1 aliphatic rings. The summed E-state index contributed by atoms with van der Waals surface area (Å²) in [4.78, 5) is 4.37. The Morgan fingerprint density at radius 2 is 1.73 bits per heavy atom. The van der Waals surface area contributed by atoms with E-state index in [4.69, 9.17) is 11.6 Å². The lowest BCUT2D eigenvalue weighted by Gasteiger charge is -2.26. The lowest BCUT2D eigenvalue weighted by atomic mass is 9.86. The maximum absolute atomic E-state index is 13.2. The maximum atomic E-state index is 13.2.